The molecule has 0 amide bonds. The van der Waals surface area contributed by atoms with Crippen LogP contribution >= 0.6 is 0 Å². The van der Waals surface area contributed by atoms with Gasteiger partial charge in [0, 0.05) is 12.1 Å². The zero-order valence-corrected chi connectivity index (χ0v) is 13.2. The van der Waals surface area contributed by atoms with E-state index in [1.807, 2.05) is 0 Å². The minimum Gasteiger partial charge on any atom is -0.394 e. The summed E-state index contributed by atoms with van der Waals surface area (Å²) in [6, 6.07) is 4.47. The van der Waals surface area contributed by atoms with E-state index in [4.69, 9.17) is 0 Å². The number of carbonyl (C=O) groups excluding carboxylic acids is 1. The molecule has 0 saturated heterocycles. The number of ether oxygens (including phenoxy) is 2. The highest BCUT2D eigenvalue weighted by Gasteiger charge is 2.27. The molecule has 0 N–H and O–H groups in total. The number of rotatable bonds is 6. The Hall–Kier alpha value is -4.69. The van der Waals surface area contributed by atoms with Crippen molar-refractivity contribution in [1.29, 1.82) is 0 Å². The molecule has 0 unspecified atom stereocenters. The summed E-state index contributed by atoms with van der Waals surface area (Å²) in [6.07, 6.45) is -1.49. The summed E-state index contributed by atoms with van der Waals surface area (Å²) in [5, 5.41) is 43.2. The summed E-state index contributed by atoms with van der Waals surface area (Å²) in [5.41, 5.74) is -3.56. The molecule has 15 nitrogen and oxygen atoms in total. The zero-order chi connectivity index (χ0) is 21.0. The Labute approximate surface area is 152 Å². The first-order valence-corrected chi connectivity index (χ1v) is 6.85. The van der Waals surface area contributed by atoms with Crippen molar-refractivity contribution in [1.82, 2.24) is 0 Å². The van der Waals surface area contributed by atoms with Crippen molar-refractivity contribution < 1.29 is 34.0 Å². The average molecular weight is 394 g/mol. The first kappa shape index (κ1) is 19.6. The van der Waals surface area contributed by atoms with Gasteiger partial charge in [-0.05, 0) is 12.1 Å². The van der Waals surface area contributed by atoms with Crippen molar-refractivity contribution >= 4 is 28.9 Å². The summed E-state index contributed by atoms with van der Waals surface area (Å²) >= 11 is 0. The zero-order valence-electron chi connectivity index (χ0n) is 13.2. The van der Waals surface area contributed by atoms with Gasteiger partial charge in [-0.25, -0.2) is 4.79 Å². The fourth-order valence-electron chi connectivity index (χ4n) is 1.95. The molecule has 2 rings (SSSR count). The molecule has 0 bridgehead atoms. The lowest BCUT2D eigenvalue weighted by atomic mass is 10.2. The monoisotopic (exact) mass is 394 g/mol. The Balaban J connectivity index is 2.23. The Morgan fingerprint density at radius 3 is 1.21 bits per heavy atom. The van der Waals surface area contributed by atoms with Crippen molar-refractivity contribution in [3.8, 4) is 11.5 Å². The van der Waals surface area contributed by atoms with Crippen molar-refractivity contribution in [3.63, 3.8) is 0 Å². The fraction of sp³-hybridized carbons (Fsp3) is 0. The normalized spacial score (nSPS) is 10.0. The number of carbonyl (C=O) groups is 1. The molecule has 0 spiro atoms. The second kappa shape index (κ2) is 7.68. The first-order chi connectivity index (χ1) is 13.1. The van der Waals surface area contributed by atoms with E-state index in [1.54, 1.807) is 0 Å². The molecule has 0 saturated carbocycles. The van der Waals surface area contributed by atoms with Gasteiger partial charge in [-0.1, -0.05) is 0 Å². The van der Waals surface area contributed by atoms with Gasteiger partial charge in [0.2, 0.25) is 0 Å². The van der Waals surface area contributed by atoms with E-state index in [1.165, 1.54) is 0 Å². The van der Waals surface area contributed by atoms with Crippen LogP contribution in [0.4, 0.5) is 27.5 Å². The molecule has 0 radical (unpaired) electrons. The number of benzene rings is 2. The van der Waals surface area contributed by atoms with Crippen LogP contribution in [-0.4, -0.2) is 25.8 Å². The van der Waals surface area contributed by atoms with Crippen molar-refractivity contribution in [2.75, 3.05) is 0 Å². The summed E-state index contributed by atoms with van der Waals surface area (Å²) < 4.78 is 9.26. The van der Waals surface area contributed by atoms with Gasteiger partial charge in [0.15, 0.2) is 0 Å². The van der Waals surface area contributed by atoms with Crippen LogP contribution in [0.15, 0.2) is 36.4 Å². The van der Waals surface area contributed by atoms with E-state index >= 15 is 0 Å². The van der Waals surface area contributed by atoms with E-state index in [9.17, 15) is 45.3 Å². The van der Waals surface area contributed by atoms with Gasteiger partial charge >= 0.3 is 28.9 Å². The Bertz CT molecular complexity index is 940. The summed E-state index contributed by atoms with van der Waals surface area (Å²) in [7, 11) is 0. The highest BCUT2D eigenvalue weighted by Crippen LogP contribution is 2.32. The highest BCUT2D eigenvalue weighted by atomic mass is 16.7. The van der Waals surface area contributed by atoms with Crippen LogP contribution in [0.25, 0.3) is 0 Å². The maximum absolute atomic E-state index is 11.7. The number of nitrogens with zero attached hydrogens (tertiary/aromatic N) is 4. The lowest BCUT2D eigenvalue weighted by Crippen LogP contribution is -2.14. The molecule has 0 heterocycles. The van der Waals surface area contributed by atoms with E-state index in [0.29, 0.717) is 12.1 Å². The topological polar surface area (TPSA) is 208 Å². The summed E-state index contributed by atoms with van der Waals surface area (Å²) in [4.78, 5) is 50.8. The number of nitro groups is 4. The molecule has 0 aliphatic carbocycles. The number of nitro benzene ring substituents is 4. The van der Waals surface area contributed by atoms with E-state index in [2.05, 4.69) is 9.47 Å². The van der Waals surface area contributed by atoms with Gasteiger partial charge in [0.1, 0.15) is 11.5 Å². The predicted octanol–water partition coefficient (Wildman–Crippen LogP) is 2.90. The molecule has 15 heteroatoms. The molecule has 2 aromatic carbocycles. The van der Waals surface area contributed by atoms with Crippen LogP contribution in [0.5, 0.6) is 11.5 Å². The Morgan fingerprint density at radius 1 is 0.607 bits per heavy atom. The first-order valence-electron chi connectivity index (χ1n) is 6.85. The molecule has 0 aromatic heterocycles. The van der Waals surface area contributed by atoms with Gasteiger partial charge in [-0.3, -0.25) is 40.5 Å². The van der Waals surface area contributed by atoms with Crippen molar-refractivity contribution in [2.24, 2.45) is 0 Å². The van der Waals surface area contributed by atoms with E-state index < -0.39 is 60.1 Å². The SMILES string of the molecule is O=C(Oc1ccc([N+](=O)[O-])c([N+](=O)[O-])c1)Oc1ccc([N+](=O)[O-])c([N+](=O)[O-])c1. The minimum absolute atomic E-state index is 0.473. The van der Waals surface area contributed by atoms with Crippen LogP contribution in [0, 0.1) is 40.5 Å². The van der Waals surface area contributed by atoms with E-state index in [0.717, 1.165) is 24.3 Å². The lowest BCUT2D eigenvalue weighted by Gasteiger charge is -2.05. The molecule has 0 atom stereocenters. The van der Waals surface area contributed by atoms with Gasteiger partial charge in [-0.15, -0.1) is 0 Å². The molecule has 144 valence electrons. The molecule has 0 fully saturated rings. The number of hydrogen-bond donors (Lipinski definition) is 0. The molecular weight excluding hydrogens is 388 g/mol. The standard InChI is InChI=1S/C13H6N4O11/c18-13(27-7-1-3-9(14(19)20)11(5-7)16(23)24)28-8-2-4-10(15(21)22)12(6-8)17(25)26/h1-6H. The van der Waals surface area contributed by atoms with Crippen LogP contribution in [-0.2, 0) is 0 Å². The molecule has 2 aromatic rings. The lowest BCUT2D eigenvalue weighted by molar-refractivity contribution is -0.422. The highest BCUT2D eigenvalue weighted by molar-refractivity contribution is 5.69. The second-order valence-electron chi connectivity index (χ2n) is 4.78. The molecule has 0 aliphatic heterocycles. The fourth-order valence-corrected chi connectivity index (χ4v) is 1.95. The quantitative estimate of drug-likeness (QED) is 0.301. The van der Waals surface area contributed by atoms with Crippen LogP contribution < -0.4 is 9.47 Å². The van der Waals surface area contributed by atoms with Crippen LogP contribution in [0.3, 0.4) is 0 Å². The predicted molar refractivity (Wildman–Crippen MR) is 86.2 cm³/mol. The van der Waals surface area contributed by atoms with Gasteiger partial charge in [0.05, 0.1) is 31.8 Å². The third-order valence-corrected chi connectivity index (χ3v) is 3.08. The molecule has 28 heavy (non-hydrogen) atoms. The smallest absolute Gasteiger partial charge is 0.394 e. The molecular formula is C13H6N4O11. The van der Waals surface area contributed by atoms with Crippen molar-refractivity contribution in [3.05, 3.63) is 76.9 Å². The number of hydrogen-bond acceptors (Lipinski definition) is 11. The van der Waals surface area contributed by atoms with E-state index in [-0.39, 0.29) is 0 Å². The van der Waals surface area contributed by atoms with Crippen LogP contribution in [0.2, 0.25) is 0 Å². The summed E-state index contributed by atoms with van der Waals surface area (Å²) in [5.74, 6) is -0.947. The molecule has 0 aliphatic rings. The van der Waals surface area contributed by atoms with Gasteiger partial charge < -0.3 is 9.47 Å². The van der Waals surface area contributed by atoms with Crippen LogP contribution in [0.1, 0.15) is 0 Å². The maximum Gasteiger partial charge on any atom is 0.519 e. The largest absolute Gasteiger partial charge is 0.519 e. The van der Waals surface area contributed by atoms with Gasteiger partial charge in [0.25, 0.3) is 0 Å². The Kier molecular flexibility index (Phi) is 5.39. The second-order valence-corrected chi connectivity index (χ2v) is 4.78. The minimum atomic E-state index is -1.49. The van der Waals surface area contributed by atoms with Crippen molar-refractivity contribution in [2.45, 2.75) is 0 Å². The third-order valence-electron chi connectivity index (χ3n) is 3.08. The third kappa shape index (κ3) is 4.28. The average Bonchev–Trinajstić information content (AvgIpc) is 2.60. The maximum atomic E-state index is 11.7. The van der Waals surface area contributed by atoms with Gasteiger partial charge in [-0.2, -0.15) is 0 Å². The Morgan fingerprint density at radius 2 is 0.929 bits per heavy atom. The summed E-state index contributed by atoms with van der Waals surface area (Å²) in [6.45, 7) is 0.